The summed E-state index contributed by atoms with van der Waals surface area (Å²) >= 11 is 3.60. The maximum absolute atomic E-state index is 3.60. The van der Waals surface area contributed by atoms with E-state index < -0.39 is 0 Å². The van der Waals surface area contributed by atoms with Gasteiger partial charge in [0.05, 0.1) is 11.4 Å². The second-order valence-electron chi connectivity index (χ2n) is 4.20. The van der Waals surface area contributed by atoms with Crippen LogP contribution >= 0.6 is 15.9 Å². The first-order chi connectivity index (χ1) is 7.20. The molecule has 0 unspecified atom stereocenters. The van der Waals surface area contributed by atoms with Crippen LogP contribution in [-0.2, 0) is 0 Å². The third-order valence-electron chi connectivity index (χ3n) is 2.80. The van der Waals surface area contributed by atoms with Gasteiger partial charge in [0.15, 0.2) is 0 Å². The summed E-state index contributed by atoms with van der Waals surface area (Å²) in [6, 6.07) is 6.94. The zero-order valence-corrected chi connectivity index (χ0v) is 10.8. The molecule has 2 rings (SSSR count). The van der Waals surface area contributed by atoms with Crippen LogP contribution in [0.4, 0.5) is 11.4 Å². The fourth-order valence-corrected chi connectivity index (χ4v) is 2.54. The van der Waals surface area contributed by atoms with Crippen LogP contribution < -0.4 is 10.2 Å². The van der Waals surface area contributed by atoms with E-state index in [1.165, 1.54) is 17.8 Å². The molecule has 3 heteroatoms. The Bertz CT molecular complexity index is 349. The summed E-state index contributed by atoms with van der Waals surface area (Å²) in [6.07, 6.45) is 1.19. The molecule has 0 saturated carbocycles. The van der Waals surface area contributed by atoms with Gasteiger partial charge in [0.2, 0.25) is 0 Å². The molecule has 15 heavy (non-hydrogen) atoms. The highest BCUT2D eigenvalue weighted by molar-refractivity contribution is 9.10. The molecule has 1 aromatic rings. The van der Waals surface area contributed by atoms with Crippen molar-refractivity contribution >= 4 is 27.3 Å². The van der Waals surface area contributed by atoms with Gasteiger partial charge in [0, 0.05) is 23.6 Å². The topological polar surface area (TPSA) is 15.3 Å². The minimum Gasteiger partial charge on any atom is -0.382 e. The lowest BCUT2D eigenvalue weighted by molar-refractivity contribution is 0.672. The fourth-order valence-electron chi connectivity index (χ4n) is 2.05. The molecule has 1 aliphatic heterocycles. The Morgan fingerprint density at radius 2 is 2.20 bits per heavy atom. The molecule has 1 aromatic carbocycles. The SMILES string of the molecule is CC(C)N1CCCNc2c(Br)cccc21. The van der Waals surface area contributed by atoms with E-state index in [1.54, 1.807) is 0 Å². The molecule has 0 spiro atoms. The highest BCUT2D eigenvalue weighted by atomic mass is 79.9. The van der Waals surface area contributed by atoms with E-state index in [9.17, 15) is 0 Å². The molecule has 2 nitrogen and oxygen atoms in total. The molecule has 82 valence electrons. The zero-order valence-electron chi connectivity index (χ0n) is 9.26. The number of hydrogen-bond acceptors (Lipinski definition) is 2. The number of nitrogens with zero attached hydrogens (tertiary/aromatic N) is 1. The second-order valence-corrected chi connectivity index (χ2v) is 5.06. The Morgan fingerprint density at radius 1 is 1.40 bits per heavy atom. The molecule has 1 heterocycles. The van der Waals surface area contributed by atoms with Crippen LogP contribution in [0.1, 0.15) is 20.3 Å². The van der Waals surface area contributed by atoms with Crippen molar-refractivity contribution in [3.63, 3.8) is 0 Å². The van der Waals surface area contributed by atoms with Crippen molar-refractivity contribution in [3.05, 3.63) is 22.7 Å². The van der Waals surface area contributed by atoms with E-state index in [0.717, 1.165) is 17.6 Å². The molecule has 0 aliphatic carbocycles. The van der Waals surface area contributed by atoms with Gasteiger partial charge in [-0.2, -0.15) is 0 Å². The normalized spacial score (nSPS) is 15.9. The van der Waals surface area contributed by atoms with Crippen molar-refractivity contribution < 1.29 is 0 Å². The molecule has 0 atom stereocenters. The molecule has 0 fully saturated rings. The van der Waals surface area contributed by atoms with Crippen LogP contribution in [0.15, 0.2) is 22.7 Å². The predicted molar refractivity (Wildman–Crippen MR) is 69.7 cm³/mol. The molecule has 0 saturated heterocycles. The van der Waals surface area contributed by atoms with Crippen LogP contribution in [0.2, 0.25) is 0 Å². The van der Waals surface area contributed by atoms with Crippen molar-refractivity contribution in [2.75, 3.05) is 23.3 Å². The van der Waals surface area contributed by atoms with E-state index in [0.29, 0.717) is 6.04 Å². The lowest BCUT2D eigenvalue weighted by atomic mass is 10.2. The first-order valence-electron chi connectivity index (χ1n) is 5.49. The molecule has 0 radical (unpaired) electrons. The van der Waals surface area contributed by atoms with E-state index >= 15 is 0 Å². The lowest BCUT2D eigenvalue weighted by Crippen LogP contribution is -2.31. The maximum Gasteiger partial charge on any atom is 0.0722 e. The standard InChI is InChI=1S/C12H17BrN2/c1-9(2)15-8-4-7-14-12-10(13)5-3-6-11(12)15/h3,5-6,9,14H,4,7-8H2,1-2H3. The highest BCUT2D eigenvalue weighted by Gasteiger charge is 2.18. The fraction of sp³-hybridized carbons (Fsp3) is 0.500. The zero-order chi connectivity index (χ0) is 10.8. The second kappa shape index (κ2) is 4.44. The van der Waals surface area contributed by atoms with Crippen LogP contribution in [0.25, 0.3) is 0 Å². The van der Waals surface area contributed by atoms with Gasteiger partial charge in [-0.25, -0.2) is 0 Å². The van der Waals surface area contributed by atoms with Crippen molar-refractivity contribution in [2.24, 2.45) is 0 Å². The third-order valence-corrected chi connectivity index (χ3v) is 3.46. The van der Waals surface area contributed by atoms with E-state index in [1.807, 2.05) is 0 Å². The van der Waals surface area contributed by atoms with Gasteiger partial charge >= 0.3 is 0 Å². The summed E-state index contributed by atoms with van der Waals surface area (Å²) in [5, 5.41) is 3.49. The summed E-state index contributed by atoms with van der Waals surface area (Å²) in [4.78, 5) is 2.46. The van der Waals surface area contributed by atoms with Crippen molar-refractivity contribution in [2.45, 2.75) is 26.3 Å². The lowest BCUT2D eigenvalue weighted by Gasteiger charge is -2.28. The quantitative estimate of drug-likeness (QED) is 0.839. The Hall–Kier alpha value is -0.700. The molecule has 0 aromatic heterocycles. The number of nitrogens with one attached hydrogen (secondary N) is 1. The summed E-state index contributed by atoms with van der Waals surface area (Å²) in [6.45, 7) is 6.68. The molecular weight excluding hydrogens is 252 g/mol. The molecule has 1 N–H and O–H groups in total. The van der Waals surface area contributed by atoms with E-state index in [4.69, 9.17) is 0 Å². The Morgan fingerprint density at radius 3 is 2.93 bits per heavy atom. The number of fused-ring (bicyclic) bond motifs is 1. The number of hydrogen-bond donors (Lipinski definition) is 1. The van der Waals surface area contributed by atoms with Crippen LogP contribution in [0.3, 0.4) is 0 Å². The summed E-state index contributed by atoms with van der Waals surface area (Å²) < 4.78 is 1.16. The summed E-state index contributed by atoms with van der Waals surface area (Å²) in [5.41, 5.74) is 2.56. The minimum absolute atomic E-state index is 0.554. The van der Waals surface area contributed by atoms with Gasteiger partial charge in [0.25, 0.3) is 0 Å². The van der Waals surface area contributed by atoms with Crippen LogP contribution in [0, 0.1) is 0 Å². The summed E-state index contributed by atoms with van der Waals surface area (Å²) in [7, 11) is 0. The van der Waals surface area contributed by atoms with Crippen molar-refractivity contribution in [1.82, 2.24) is 0 Å². The highest BCUT2D eigenvalue weighted by Crippen LogP contribution is 2.35. The van der Waals surface area contributed by atoms with E-state index in [2.05, 4.69) is 58.2 Å². The molecular formula is C12H17BrN2. The first-order valence-corrected chi connectivity index (χ1v) is 6.28. The van der Waals surface area contributed by atoms with Gasteiger partial charge < -0.3 is 10.2 Å². The monoisotopic (exact) mass is 268 g/mol. The first kappa shape index (κ1) is 10.8. The van der Waals surface area contributed by atoms with Crippen LogP contribution in [0.5, 0.6) is 0 Å². The van der Waals surface area contributed by atoms with Crippen molar-refractivity contribution in [1.29, 1.82) is 0 Å². The number of anilines is 2. The largest absolute Gasteiger partial charge is 0.382 e. The molecule has 1 aliphatic rings. The van der Waals surface area contributed by atoms with Gasteiger partial charge in [-0.15, -0.1) is 0 Å². The number of rotatable bonds is 1. The Balaban J connectivity index is 2.45. The summed E-state index contributed by atoms with van der Waals surface area (Å²) in [5.74, 6) is 0. The van der Waals surface area contributed by atoms with E-state index in [-0.39, 0.29) is 0 Å². The average molecular weight is 269 g/mol. The Labute approximate surface area is 99.8 Å². The third kappa shape index (κ3) is 2.12. The van der Waals surface area contributed by atoms with Crippen molar-refractivity contribution in [3.8, 4) is 0 Å². The Kier molecular flexibility index (Phi) is 3.19. The molecule has 0 amide bonds. The smallest absolute Gasteiger partial charge is 0.0722 e. The number of para-hydroxylation sites is 1. The van der Waals surface area contributed by atoms with Gasteiger partial charge in [-0.3, -0.25) is 0 Å². The van der Waals surface area contributed by atoms with Gasteiger partial charge in [0.1, 0.15) is 0 Å². The van der Waals surface area contributed by atoms with Crippen LogP contribution in [-0.4, -0.2) is 19.1 Å². The van der Waals surface area contributed by atoms with Gasteiger partial charge in [-0.1, -0.05) is 6.07 Å². The van der Waals surface area contributed by atoms with Gasteiger partial charge in [-0.05, 0) is 48.3 Å². The maximum atomic E-state index is 3.60. The number of halogens is 1. The number of benzene rings is 1. The molecule has 0 bridgehead atoms. The average Bonchev–Trinajstić information content (AvgIpc) is 2.40. The predicted octanol–water partition coefficient (Wildman–Crippen LogP) is 3.48. The minimum atomic E-state index is 0.554.